The van der Waals surface area contributed by atoms with Crippen molar-refractivity contribution in [3.63, 3.8) is 0 Å². The maximum Gasteiger partial charge on any atom is 0.340 e. The van der Waals surface area contributed by atoms with Gasteiger partial charge in [-0.25, -0.2) is 4.79 Å². The third kappa shape index (κ3) is 1.63. The molecule has 3 aromatic rings. The fourth-order valence-electron chi connectivity index (χ4n) is 4.27. The molecule has 0 N–H and O–H groups in total. The first kappa shape index (κ1) is 14.3. The smallest absolute Gasteiger partial charge is 0.340 e. The molecule has 3 aromatic carbocycles. The number of fused-ring (bicyclic) bond motifs is 7. The van der Waals surface area contributed by atoms with Gasteiger partial charge in [0.25, 0.3) is 0 Å². The first-order valence-electron chi connectivity index (χ1n) is 8.38. The molecule has 1 aliphatic heterocycles. The van der Waals surface area contributed by atoms with Crippen LogP contribution in [0.5, 0.6) is 0 Å². The van der Waals surface area contributed by atoms with Crippen molar-refractivity contribution in [1.82, 2.24) is 0 Å². The standard InChI is InChI=1S/C22H17NO2/c1-23(2)19-13-7-10-16-20(19)22(25-21(16)24)17-11-5-3-8-14(17)15-9-4-6-12-18(15)22/h3-13H,1-2H3. The number of rotatable bonds is 1. The number of hydrogen-bond donors (Lipinski definition) is 0. The number of nitrogens with zero attached hydrogens (tertiary/aromatic N) is 1. The number of anilines is 1. The lowest BCUT2D eigenvalue weighted by molar-refractivity contribution is 0.0265. The lowest BCUT2D eigenvalue weighted by atomic mass is 9.82. The number of carbonyl (C=O) groups is 1. The summed E-state index contributed by atoms with van der Waals surface area (Å²) in [6, 6.07) is 22.3. The minimum absolute atomic E-state index is 0.259. The number of benzene rings is 3. The topological polar surface area (TPSA) is 29.5 Å². The molecule has 3 heteroatoms. The Bertz CT molecular complexity index is 990. The van der Waals surface area contributed by atoms with E-state index >= 15 is 0 Å². The van der Waals surface area contributed by atoms with Gasteiger partial charge in [-0.3, -0.25) is 0 Å². The van der Waals surface area contributed by atoms with Crippen LogP contribution in [0, 0.1) is 0 Å². The predicted octanol–water partition coefficient (Wildman–Crippen LogP) is 4.20. The van der Waals surface area contributed by atoms with Gasteiger partial charge in [0, 0.05) is 36.5 Å². The van der Waals surface area contributed by atoms with Crippen LogP contribution in [0.4, 0.5) is 5.69 Å². The molecule has 25 heavy (non-hydrogen) atoms. The van der Waals surface area contributed by atoms with Gasteiger partial charge in [-0.1, -0.05) is 54.6 Å². The minimum Gasteiger partial charge on any atom is -0.440 e. The quantitative estimate of drug-likeness (QED) is 0.628. The Balaban J connectivity index is 1.96. The van der Waals surface area contributed by atoms with Crippen molar-refractivity contribution < 1.29 is 9.53 Å². The maximum atomic E-state index is 12.8. The Labute approximate surface area is 146 Å². The van der Waals surface area contributed by atoms with Crippen molar-refractivity contribution >= 4 is 11.7 Å². The normalized spacial score (nSPS) is 15.5. The van der Waals surface area contributed by atoms with Crippen molar-refractivity contribution in [2.24, 2.45) is 0 Å². The van der Waals surface area contributed by atoms with E-state index in [1.54, 1.807) is 0 Å². The molecule has 2 aliphatic rings. The second-order valence-electron chi connectivity index (χ2n) is 6.76. The molecule has 5 rings (SSSR count). The summed E-state index contributed by atoms with van der Waals surface area (Å²) in [7, 11) is 4.00. The largest absolute Gasteiger partial charge is 0.440 e. The summed E-state index contributed by atoms with van der Waals surface area (Å²) in [5, 5.41) is 0. The molecule has 3 nitrogen and oxygen atoms in total. The highest BCUT2D eigenvalue weighted by Gasteiger charge is 2.55. The molecule has 0 atom stereocenters. The van der Waals surface area contributed by atoms with Gasteiger partial charge < -0.3 is 9.64 Å². The van der Waals surface area contributed by atoms with Crippen molar-refractivity contribution in [3.8, 4) is 11.1 Å². The van der Waals surface area contributed by atoms with E-state index in [0.717, 1.165) is 33.5 Å². The molecule has 0 saturated carbocycles. The first-order valence-corrected chi connectivity index (χ1v) is 8.38. The van der Waals surface area contributed by atoms with Crippen LogP contribution in [0.15, 0.2) is 66.7 Å². The van der Waals surface area contributed by atoms with E-state index in [1.807, 2.05) is 61.5 Å². The Hall–Kier alpha value is -3.07. The van der Waals surface area contributed by atoms with Crippen LogP contribution in [-0.4, -0.2) is 20.1 Å². The minimum atomic E-state index is -0.861. The second-order valence-corrected chi connectivity index (χ2v) is 6.76. The van der Waals surface area contributed by atoms with E-state index in [0.29, 0.717) is 5.56 Å². The SMILES string of the molecule is CN(C)c1cccc2c1C1(OC2=O)c2ccccc2-c2ccccc21. The fourth-order valence-corrected chi connectivity index (χ4v) is 4.27. The van der Waals surface area contributed by atoms with E-state index in [-0.39, 0.29) is 5.97 Å². The Kier molecular flexibility index (Phi) is 2.70. The Morgan fingerprint density at radius 3 is 1.92 bits per heavy atom. The summed E-state index contributed by atoms with van der Waals surface area (Å²) < 4.78 is 6.16. The average molecular weight is 327 g/mol. The lowest BCUT2D eigenvalue weighted by Gasteiger charge is -2.30. The van der Waals surface area contributed by atoms with Gasteiger partial charge in [-0.05, 0) is 23.3 Å². The van der Waals surface area contributed by atoms with Crippen molar-refractivity contribution in [3.05, 3.63) is 89.0 Å². The highest BCUT2D eigenvalue weighted by atomic mass is 16.6. The van der Waals surface area contributed by atoms with Crippen LogP contribution >= 0.6 is 0 Å². The molecule has 1 aliphatic carbocycles. The van der Waals surface area contributed by atoms with Crippen LogP contribution in [0.1, 0.15) is 27.0 Å². The summed E-state index contributed by atoms with van der Waals surface area (Å²) in [4.78, 5) is 14.8. The first-order chi connectivity index (χ1) is 12.1. The molecule has 0 radical (unpaired) electrons. The van der Waals surface area contributed by atoms with Gasteiger partial charge >= 0.3 is 5.97 Å². The summed E-state index contributed by atoms with van der Waals surface area (Å²) >= 11 is 0. The van der Waals surface area contributed by atoms with Crippen molar-refractivity contribution in [2.75, 3.05) is 19.0 Å². The third-order valence-electron chi connectivity index (χ3n) is 5.24. The third-order valence-corrected chi connectivity index (χ3v) is 5.24. The van der Waals surface area contributed by atoms with E-state index in [2.05, 4.69) is 24.3 Å². The molecular weight excluding hydrogens is 310 g/mol. The number of ether oxygens (including phenoxy) is 1. The number of esters is 1. The number of carbonyl (C=O) groups excluding carboxylic acids is 1. The monoisotopic (exact) mass is 327 g/mol. The maximum absolute atomic E-state index is 12.8. The van der Waals surface area contributed by atoms with Gasteiger partial charge in [0.05, 0.1) is 5.56 Å². The average Bonchev–Trinajstić information content (AvgIpc) is 3.10. The van der Waals surface area contributed by atoms with E-state index in [4.69, 9.17) is 4.74 Å². The summed E-state index contributed by atoms with van der Waals surface area (Å²) in [6.07, 6.45) is 0. The fraction of sp³-hybridized carbons (Fsp3) is 0.136. The van der Waals surface area contributed by atoms with Crippen LogP contribution in [-0.2, 0) is 10.3 Å². The predicted molar refractivity (Wildman–Crippen MR) is 97.9 cm³/mol. The van der Waals surface area contributed by atoms with Gasteiger partial charge in [0.1, 0.15) is 0 Å². The summed E-state index contributed by atoms with van der Waals surface area (Å²) in [5.41, 5.74) is 6.09. The summed E-state index contributed by atoms with van der Waals surface area (Å²) in [6.45, 7) is 0. The molecule has 1 spiro atoms. The highest BCUT2D eigenvalue weighted by Crippen LogP contribution is 2.58. The van der Waals surface area contributed by atoms with E-state index in [9.17, 15) is 4.79 Å². The molecule has 0 unspecified atom stereocenters. The highest BCUT2D eigenvalue weighted by molar-refractivity contribution is 6.01. The number of hydrogen-bond acceptors (Lipinski definition) is 3. The molecular formula is C22H17NO2. The van der Waals surface area contributed by atoms with E-state index < -0.39 is 5.60 Å². The van der Waals surface area contributed by atoms with Gasteiger partial charge in [0.2, 0.25) is 0 Å². The summed E-state index contributed by atoms with van der Waals surface area (Å²) in [5.74, 6) is -0.259. The van der Waals surface area contributed by atoms with E-state index in [1.165, 1.54) is 0 Å². The molecule has 0 aromatic heterocycles. The Morgan fingerprint density at radius 1 is 0.760 bits per heavy atom. The van der Waals surface area contributed by atoms with Crippen molar-refractivity contribution in [1.29, 1.82) is 0 Å². The molecule has 0 bridgehead atoms. The molecule has 0 amide bonds. The molecule has 122 valence electrons. The molecule has 0 saturated heterocycles. The zero-order chi connectivity index (χ0) is 17.2. The second kappa shape index (κ2) is 4.73. The zero-order valence-corrected chi connectivity index (χ0v) is 14.1. The van der Waals surface area contributed by atoms with Gasteiger partial charge in [0.15, 0.2) is 5.60 Å². The zero-order valence-electron chi connectivity index (χ0n) is 14.1. The van der Waals surface area contributed by atoms with Crippen LogP contribution < -0.4 is 4.90 Å². The lowest BCUT2D eigenvalue weighted by Crippen LogP contribution is -2.29. The Morgan fingerprint density at radius 2 is 1.32 bits per heavy atom. The molecule has 0 fully saturated rings. The van der Waals surface area contributed by atoms with Gasteiger partial charge in [-0.15, -0.1) is 0 Å². The van der Waals surface area contributed by atoms with Crippen LogP contribution in [0.3, 0.4) is 0 Å². The van der Waals surface area contributed by atoms with Crippen molar-refractivity contribution in [2.45, 2.75) is 5.60 Å². The van der Waals surface area contributed by atoms with Crippen LogP contribution in [0.25, 0.3) is 11.1 Å². The van der Waals surface area contributed by atoms with Gasteiger partial charge in [-0.2, -0.15) is 0 Å². The van der Waals surface area contributed by atoms with Crippen LogP contribution in [0.2, 0.25) is 0 Å². The molecule has 1 heterocycles.